The van der Waals surface area contributed by atoms with Crippen LogP contribution >= 0.6 is 0 Å². The second-order valence-electron chi connectivity index (χ2n) is 4.60. The van der Waals surface area contributed by atoms with Crippen molar-refractivity contribution in [2.75, 3.05) is 25.5 Å². The van der Waals surface area contributed by atoms with E-state index in [9.17, 15) is 8.42 Å². The number of nitrogens with one attached hydrogen (secondary N) is 1. The number of hydrogen-bond donors (Lipinski definition) is 1. The molecule has 0 aromatic carbocycles. The fourth-order valence-corrected chi connectivity index (χ4v) is 3.16. The van der Waals surface area contributed by atoms with Crippen LogP contribution in [0, 0.1) is 0 Å². The molecule has 0 aliphatic rings. The molecular weight excluding hydrogens is 276 g/mol. The molecule has 1 aromatic rings. The molecular formula is C13H24N4O2S. The van der Waals surface area contributed by atoms with Gasteiger partial charge in [-0.1, -0.05) is 26.7 Å². The van der Waals surface area contributed by atoms with Crippen LogP contribution in [0.25, 0.3) is 0 Å². The first-order valence-electron chi connectivity index (χ1n) is 7.06. The molecule has 1 aromatic heterocycles. The zero-order valence-electron chi connectivity index (χ0n) is 12.5. The molecule has 0 aliphatic carbocycles. The molecule has 0 amide bonds. The Hall–Kier alpha value is -1.21. The molecule has 1 heterocycles. The van der Waals surface area contributed by atoms with E-state index in [4.69, 9.17) is 0 Å². The van der Waals surface area contributed by atoms with E-state index >= 15 is 0 Å². The minimum Gasteiger partial charge on any atom is -0.357 e. The van der Waals surface area contributed by atoms with E-state index in [2.05, 4.69) is 29.1 Å². The van der Waals surface area contributed by atoms with Gasteiger partial charge >= 0.3 is 0 Å². The van der Waals surface area contributed by atoms with Gasteiger partial charge in [-0.2, -0.15) is 4.31 Å². The molecule has 1 N–H and O–H groups in total. The van der Waals surface area contributed by atoms with Gasteiger partial charge in [0.25, 0.3) is 0 Å². The van der Waals surface area contributed by atoms with Crippen LogP contribution in [-0.4, -0.2) is 42.8 Å². The Bertz CT molecular complexity index is 480. The summed E-state index contributed by atoms with van der Waals surface area (Å²) < 4.78 is 26.7. The van der Waals surface area contributed by atoms with Gasteiger partial charge in [0.1, 0.15) is 4.90 Å². The zero-order valence-corrected chi connectivity index (χ0v) is 13.3. The Morgan fingerprint density at radius 1 is 1.10 bits per heavy atom. The lowest BCUT2D eigenvalue weighted by atomic mass is 10.3. The van der Waals surface area contributed by atoms with Gasteiger partial charge in [-0.15, -0.1) is 0 Å². The molecule has 6 nitrogen and oxygen atoms in total. The van der Waals surface area contributed by atoms with E-state index < -0.39 is 10.0 Å². The summed E-state index contributed by atoms with van der Waals surface area (Å²) in [4.78, 5) is 8.11. The van der Waals surface area contributed by atoms with Crippen LogP contribution in [0.5, 0.6) is 0 Å². The first-order chi connectivity index (χ1) is 9.56. The summed E-state index contributed by atoms with van der Waals surface area (Å²) >= 11 is 0. The minimum absolute atomic E-state index is 0.156. The van der Waals surface area contributed by atoms with E-state index in [1.54, 1.807) is 7.05 Å². The molecule has 0 atom stereocenters. The summed E-state index contributed by atoms with van der Waals surface area (Å²) in [6.45, 7) is 5.20. The fourth-order valence-electron chi connectivity index (χ4n) is 1.75. The van der Waals surface area contributed by atoms with Crippen molar-refractivity contribution in [1.29, 1.82) is 0 Å². The van der Waals surface area contributed by atoms with Crippen molar-refractivity contribution in [2.24, 2.45) is 0 Å². The van der Waals surface area contributed by atoms with Crippen LogP contribution < -0.4 is 5.32 Å². The van der Waals surface area contributed by atoms with Crippen molar-refractivity contribution in [3.05, 3.63) is 12.4 Å². The normalized spacial score (nSPS) is 11.8. The summed E-state index contributed by atoms with van der Waals surface area (Å²) in [5.41, 5.74) is 0. The number of anilines is 1. The van der Waals surface area contributed by atoms with Crippen LogP contribution in [0.4, 0.5) is 5.95 Å². The third-order valence-electron chi connectivity index (χ3n) is 3.01. The second-order valence-corrected chi connectivity index (χ2v) is 6.54. The highest BCUT2D eigenvalue weighted by molar-refractivity contribution is 7.89. The standard InChI is InChI=1S/C13H24N4O2S/c1-4-6-8-17(9-7-5-2)20(18,19)12-10-15-13(14-3)16-11-12/h10-11H,4-9H2,1-3H3,(H,14,15,16). The zero-order chi connectivity index (χ0) is 15.0. The Kier molecular flexibility index (Phi) is 6.87. The molecule has 1 rings (SSSR count). The molecule has 20 heavy (non-hydrogen) atoms. The van der Waals surface area contributed by atoms with Crippen LogP contribution in [0.2, 0.25) is 0 Å². The second kappa shape index (κ2) is 8.16. The van der Waals surface area contributed by atoms with Gasteiger partial charge in [0.2, 0.25) is 16.0 Å². The molecule has 0 saturated heterocycles. The maximum atomic E-state index is 12.6. The van der Waals surface area contributed by atoms with E-state index in [0.717, 1.165) is 25.7 Å². The van der Waals surface area contributed by atoms with Crippen LogP contribution in [0.3, 0.4) is 0 Å². The molecule has 0 saturated carbocycles. The number of rotatable bonds is 9. The highest BCUT2D eigenvalue weighted by atomic mass is 32.2. The smallest absolute Gasteiger partial charge is 0.246 e. The predicted octanol–water partition coefficient (Wildman–Crippen LogP) is 2.11. The van der Waals surface area contributed by atoms with Gasteiger partial charge < -0.3 is 5.32 Å². The summed E-state index contributed by atoms with van der Waals surface area (Å²) in [5, 5.41) is 2.77. The minimum atomic E-state index is -3.49. The lowest BCUT2D eigenvalue weighted by Gasteiger charge is -2.21. The van der Waals surface area contributed by atoms with Gasteiger partial charge in [0.15, 0.2) is 0 Å². The average Bonchev–Trinajstić information content (AvgIpc) is 2.47. The molecule has 0 bridgehead atoms. The molecule has 7 heteroatoms. The van der Waals surface area contributed by atoms with Crippen molar-refractivity contribution in [2.45, 2.75) is 44.4 Å². The van der Waals surface area contributed by atoms with Crippen LogP contribution in [0.15, 0.2) is 17.3 Å². The number of hydrogen-bond acceptors (Lipinski definition) is 5. The maximum Gasteiger partial charge on any atom is 0.246 e. The Morgan fingerprint density at radius 2 is 1.60 bits per heavy atom. The van der Waals surface area contributed by atoms with E-state index in [1.165, 1.54) is 16.7 Å². The lowest BCUT2D eigenvalue weighted by Crippen LogP contribution is -2.33. The number of unbranched alkanes of at least 4 members (excludes halogenated alkanes) is 2. The van der Waals surface area contributed by atoms with Crippen molar-refractivity contribution in [3.8, 4) is 0 Å². The molecule has 0 fully saturated rings. The van der Waals surface area contributed by atoms with Crippen molar-refractivity contribution < 1.29 is 8.42 Å². The van der Waals surface area contributed by atoms with Gasteiger partial charge in [-0.05, 0) is 12.8 Å². The highest BCUT2D eigenvalue weighted by Crippen LogP contribution is 2.16. The van der Waals surface area contributed by atoms with Crippen molar-refractivity contribution in [3.63, 3.8) is 0 Å². The van der Waals surface area contributed by atoms with Crippen LogP contribution in [-0.2, 0) is 10.0 Å². The third kappa shape index (κ3) is 4.42. The van der Waals surface area contributed by atoms with Gasteiger partial charge in [-0.25, -0.2) is 18.4 Å². The monoisotopic (exact) mass is 300 g/mol. The number of nitrogens with zero attached hydrogens (tertiary/aromatic N) is 3. The number of sulfonamides is 1. The summed E-state index contributed by atoms with van der Waals surface area (Å²) in [5.74, 6) is 0.414. The van der Waals surface area contributed by atoms with Crippen molar-refractivity contribution >= 4 is 16.0 Å². The summed E-state index contributed by atoms with van der Waals surface area (Å²) in [7, 11) is -1.80. The summed E-state index contributed by atoms with van der Waals surface area (Å²) in [6.07, 6.45) is 6.37. The number of aromatic nitrogens is 2. The van der Waals surface area contributed by atoms with E-state index in [-0.39, 0.29) is 4.90 Å². The lowest BCUT2D eigenvalue weighted by molar-refractivity contribution is 0.395. The van der Waals surface area contributed by atoms with E-state index in [0.29, 0.717) is 19.0 Å². The average molecular weight is 300 g/mol. The quantitative estimate of drug-likeness (QED) is 0.756. The Labute approximate surface area is 121 Å². The first-order valence-corrected chi connectivity index (χ1v) is 8.50. The molecule has 0 aliphatic heterocycles. The van der Waals surface area contributed by atoms with Gasteiger partial charge in [-0.3, -0.25) is 0 Å². The van der Waals surface area contributed by atoms with Crippen LogP contribution in [0.1, 0.15) is 39.5 Å². The molecule has 0 spiro atoms. The fraction of sp³-hybridized carbons (Fsp3) is 0.692. The maximum absolute atomic E-state index is 12.6. The topological polar surface area (TPSA) is 75.2 Å². The largest absolute Gasteiger partial charge is 0.357 e. The van der Waals surface area contributed by atoms with Gasteiger partial charge in [0, 0.05) is 20.1 Å². The van der Waals surface area contributed by atoms with Gasteiger partial charge in [0.05, 0.1) is 12.4 Å². The SMILES string of the molecule is CCCCN(CCCC)S(=O)(=O)c1cnc(NC)nc1. The Balaban J connectivity index is 2.94. The molecule has 0 radical (unpaired) electrons. The highest BCUT2D eigenvalue weighted by Gasteiger charge is 2.24. The predicted molar refractivity (Wildman–Crippen MR) is 80.2 cm³/mol. The Morgan fingerprint density at radius 3 is 2.00 bits per heavy atom. The third-order valence-corrected chi connectivity index (χ3v) is 4.86. The molecule has 0 unspecified atom stereocenters. The molecule has 114 valence electrons. The first kappa shape index (κ1) is 16.8. The summed E-state index contributed by atoms with van der Waals surface area (Å²) in [6, 6.07) is 0. The van der Waals surface area contributed by atoms with E-state index in [1.807, 2.05) is 0 Å². The van der Waals surface area contributed by atoms with Crippen molar-refractivity contribution in [1.82, 2.24) is 14.3 Å².